The van der Waals surface area contributed by atoms with Gasteiger partial charge in [-0.2, -0.15) is 0 Å². The predicted molar refractivity (Wildman–Crippen MR) is 37.1 cm³/mol. The zero-order valence-corrected chi connectivity index (χ0v) is 5.93. The van der Waals surface area contributed by atoms with Crippen LogP contribution in [0.4, 0.5) is 0 Å². The minimum Gasteiger partial charge on any atom is -0.390 e. The molecule has 0 aromatic carbocycles. The van der Waals surface area contributed by atoms with Gasteiger partial charge in [0.05, 0.1) is 5.60 Å². The van der Waals surface area contributed by atoms with E-state index in [1.165, 1.54) is 0 Å². The summed E-state index contributed by atoms with van der Waals surface area (Å²) in [5.74, 6) is 0. The molecule has 3 N–H and O–H groups in total. The Morgan fingerprint density at radius 1 is 1.67 bits per heavy atom. The van der Waals surface area contributed by atoms with E-state index in [0.717, 1.165) is 25.7 Å². The predicted octanol–water partition coefficient (Wildman–Crippen LogP) is 0.639. The van der Waals surface area contributed by atoms with E-state index in [2.05, 4.69) is 6.92 Å². The second-order valence-corrected chi connectivity index (χ2v) is 3.10. The molecular weight excluding hydrogens is 114 g/mol. The van der Waals surface area contributed by atoms with Crippen molar-refractivity contribution in [2.45, 2.75) is 44.2 Å². The minimum atomic E-state index is -0.352. The summed E-state index contributed by atoms with van der Waals surface area (Å²) < 4.78 is 0. The molecule has 0 radical (unpaired) electrons. The van der Waals surface area contributed by atoms with Gasteiger partial charge >= 0.3 is 0 Å². The summed E-state index contributed by atoms with van der Waals surface area (Å²) in [6.45, 7) is 2.05. The molecule has 0 aromatic rings. The van der Waals surface area contributed by atoms with Crippen molar-refractivity contribution in [3.63, 3.8) is 0 Å². The van der Waals surface area contributed by atoms with Crippen LogP contribution in [0.3, 0.4) is 0 Å². The van der Waals surface area contributed by atoms with Gasteiger partial charge in [-0.15, -0.1) is 0 Å². The summed E-state index contributed by atoms with van der Waals surface area (Å²) in [5.41, 5.74) is 5.29. The standard InChI is InChI=1S/C7H15NO/c1-2-6(8)5-7(9)3-4-7/h6,9H,2-5,8H2,1H3/t6-/m1/s1. The molecule has 0 aliphatic heterocycles. The zero-order valence-electron chi connectivity index (χ0n) is 5.93. The molecule has 0 aromatic heterocycles. The smallest absolute Gasteiger partial charge is 0.0664 e. The van der Waals surface area contributed by atoms with E-state index in [9.17, 15) is 5.11 Å². The van der Waals surface area contributed by atoms with Crippen LogP contribution in [0.5, 0.6) is 0 Å². The molecule has 1 aliphatic rings. The number of rotatable bonds is 3. The van der Waals surface area contributed by atoms with E-state index in [0.29, 0.717) is 0 Å². The molecule has 1 aliphatic carbocycles. The molecule has 0 spiro atoms. The van der Waals surface area contributed by atoms with E-state index in [1.807, 2.05) is 0 Å². The lowest BCUT2D eigenvalue weighted by Gasteiger charge is -2.12. The molecule has 2 heteroatoms. The molecule has 1 saturated carbocycles. The van der Waals surface area contributed by atoms with Crippen LogP contribution in [0.1, 0.15) is 32.6 Å². The highest BCUT2D eigenvalue weighted by atomic mass is 16.3. The molecule has 1 atom stereocenters. The second kappa shape index (κ2) is 2.27. The number of aliphatic hydroxyl groups is 1. The largest absolute Gasteiger partial charge is 0.390 e. The maximum absolute atomic E-state index is 9.35. The zero-order chi connectivity index (χ0) is 6.91. The summed E-state index contributed by atoms with van der Waals surface area (Å²) in [7, 11) is 0. The Kier molecular flexibility index (Phi) is 1.78. The van der Waals surface area contributed by atoms with E-state index in [-0.39, 0.29) is 11.6 Å². The Balaban J connectivity index is 2.17. The highest BCUT2D eigenvalue weighted by molar-refractivity contribution is 4.95. The molecule has 54 valence electrons. The number of hydrogen-bond donors (Lipinski definition) is 2. The average molecular weight is 129 g/mol. The Morgan fingerprint density at radius 2 is 2.22 bits per heavy atom. The minimum absolute atomic E-state index is 0.206. The van der Waals surface area contributed by atoms with Crippen molar-refractivity contribution in [3.8, 4) is 0 Å². The fraction of sp³-hybridized carbons (Fsp3) is 1.00. The van der Waals surface area contributed by atoms with Crippen molar-refractivity contribution in [3.05, 3.63) is 0 Å². The molecule has 0 saturated heterocycles. The molecule has 0 unspecified atom stereocenters. The maximum Gasteiger partial charge on any atom is 0.0664 e. The van der Waals surface area contributed by atoms with E-state index < -0.39 is 0 Å². The Labute approximate surface area is 56.1 Å². The Bertz CT molecular complexity index is 99.1. The number of nitrogens with two attached hydrogens (primary N) is 1. The highest BCUT2D eigenvalue weighted by Crippen LogP contribution is 2.39. The van der Waals surface area contributed by atoms with Gasteiger partial charge in [-0.3, -0.25) is 0 Å². The van der Waals surface area contributed by atoms with Crippen molar-refractivity contribution >= 4 is 0 Å². The van der Waals surface area contributed by atoms with Gasteiger partial charge in [0.2, 0.25) is 0 Å². The summed E-state index contributed by atoms with van der Waals surface area (Å²) in [6, 6.07) is 0.206. The van der Waals surface area contributed by atoms with Gasteiger partial charge in [0, 0.05) is 6.04 Å². The van der Waals surface area contributed by atoms with Crippen LogP contribution in [0.2, 0.25) is 0 Å². The second-order valence-electron chi connectivity index (χ2n) is 3.10. The fourth-order valence-electron chi connectivity index (χ4n) is 0.981. The average Bonchev–Trinajstić information content (AvgIpc) is 2.48. The summed E-state index contributed by atoms with van der Waals surface area (Å²) in [4.78, 5) is 0. The first-order chi connectivity index (χ1) is 4.16. The van der Waals surface area contributed by atoms with Gasteiger partial charge < -0.3 is 10.8 Å². The van der Waals surface area contributed by atoms with Gasteiger partial charge in [-0.05, 0) is 25.7 Å². The van der Waals surface area contributed by atoms with Crippen LogP contribution in [0.15, 0.2) is 0 Å². The van der Waals surface area contributed by atoms with Gasteiger partial charge in [0.15, 0.2) is 0 Å². The first-order valence-electron chi connectivity index (χ1n) is 3.64. The van der Waals surface area contributed by atoms with Crippen molar-refractivity contribution in [2.75, 3.05) is 0 Å². The summed E-state index contributed by atoms with van der Waals surface area (Å²) >= 11 is 0. The normalized spacial score (nSPS) is 25.7. The molecule has 0 amide bonds. The molecule has 1 fully saturated rings. The van der Waals surface area contributed by atoms with Crippen LogP contribution in [-0.4, -0.2) is 16.7 Å². The van der Waals surface area contributed by atoms with Gasteiger partial charge in [0.1, 0.15) is 0 Å². The molecule has 0 bridgehead atoms. The lowest BCUT2D eigenvalue weighted by molar-refractivity contribution is 0.130. The third kappa shape index (κ3) is 1.95. The topological polar surface area (TPSA) is 46.2 Å². The van der Waals surface area contributed by atoms with Crippen molar-refractivity contribution in [1.29, 1.82) is 0 Å². The van der Waals surface area contributed by atoms with E-state index >= 15 is 0 Å². The van der Waals surface area contributed by atoms with Crippen LogP contribution in [0, 0.1) is 0 Å². The molecule has 9 heavy (non-hydrogen) atoms. The number of hydrogen-bond acceptors (Lipinski definition) is 2. The molecular formula is C7H15NO. The van der Waals surface area contributed by atoms with Crippen LogP contribution in [0.25, 0.3) is 0 Å². The van der Waals surface area contributed by atoms with Crippen molar-refractivity contribution < 1.29 is 5.11 Å². The summed E-state index contributed by atoms with van der Waals surface area (Å²) in [5, 5.41) is 9.35. The third-order valence-corrected chi connectivity index (χ3v) is 1.99. The fourth-order valence-corrected chi connectivity index (χ4v) is 0.981. The molecule has 1 rings (SSSR count). The quantitative estimate of drug-likeness (QED) is 0.587. The van der Waals surface area contributed by atoms with E-state index in [4.69, 9.17) is 5.73 Å². The van der Waals surface area contributed by atoms with Gasteiger partial charge in [0.25, 0.3) is 0 Å². The van der Waals surface area contributed by atoms with Gasteiger partial charge in [-0.1, -0.05) is 6.92 Å². The van der Waals surface area contributed by atoms with Crippen molar-refractivity contribution in [2.24, 2.45) is 5.73 Å². The van der Waals surface area contributed by atoms with Crippen LogP contribution >= 0.6 is 0 Å². The maximum atomic E-state index is 9.35. The Hall–Kier alpha value is -0.0800. The molecule has 2 nitrogen and oxygen atoms in total. The lowest BCUT2D eigenvalue weighted by atomic mass is 10.1. The highest BCUT2D eigenvalue weighted by Gasteiger charge is 2.40. The first kappa shape index (κ1) is 7.03. The van der Waals surface area contributed by atoms with Crippen LogP contribution in [-0.2, 0) is 0 Å². The molecule has 0 heterocycles. The monoisotopic (exact) mass is 129 g/mol. The van der Waals surface area contributed by atoms with Crippen molar-refractivity contribution in [1.82, 2.24) is 0 Å². The lowest BCUT2D eigenvalue weighted by Crippen LogP contribution is -2.26. The third-order valence-electron chi connectivity index (χ3n) is 1.99. The van der Waals surface area contributed by atoms with Crippen LogP contribution < -0.4 is 5.73 Å². The van der Waals surface area contributed by atoms with Gasteiger partial charge in [-0.25, -0.2) is 0 Å². The van der Waals surface area contributed by atoms with E-state index in [1.54, 1.807) is 0 Å². The summed E-state index contributed by atoms with van der Waals surface area (Å²) in [6.07, 6.45) is 3.69. The first-order valence-corrected chi connectivity index (χ1v) is 3.64. The SMILES string of the molecule is CC[C@@H](N)CC1(O)CC1. The Morgan fingerprint density at radius 3 is 2.56 bits per heavy atom.